The molecule has 2 aromatic carbocycles. The van der Waals surface area contributed by atoms with Crippen molar-refractivity contribution in [3.8, 4) is 11.3 Å². The minimum Gasteiger partial charge on any atom is -0.355 e. The lowest BCUT2D eigenvalue weighted by molar-refractivity contribution is -0.135. The molecule has 0 saturated carbocycles. The number of hydrogen-bond donors (Lipinski definition) is 0. The number of hydrogen-bond acceptors (Lipinski definition) is 4. The number of anilines is 1. The van der Waals surface area contributed by atoms with Gasteiger partial charge in [0.2, 0.25) is 5.91 Å². The monoisotopic (exact) mass is 453 g/mol. The molecule has 0 unspecified atom stereocenters. The molecule has 0 radical (unpaired) electrons. The summed E-state index contributed by atoms with van der Waals surface area (Å²) >= 11 is 0. The Balaban J connectivity index is 1.29. The van der Waals surface area contributed by atoms with Crippen molar-refractivity contribution in [1.29, 1.82) is 0 Å². The summed E-state index contributed by atoms with van der Waals surface area (Å²) in [4.78, 5) is 21.9. The van der Waals surface area contributed by atoms with Crippen molar-refractivity contribution < 1.29 is 4.79 Å². The molecule has 6 heteroatoms. The van der Waals surface area contributed by atoms with Crippen LogP contribution in [0.25, 0.3) is 16.8 Å². The van der Waals surface area contributed by atoms with E-state index in [1.807, 2.05) is 47.1 Å². The number of aryl methyl sites for hydroxylation is 2. The van der Waals surface area contributed by atoms with E-state index in [0.29, 0.717) is 6.54 Å². The van der Waals surface area contributed by atoms with E-state index in [1.54, 1.807) is 0 Å². The van der Waals surface area contributed by atoms with Crippen LogP contribution in [0.15, 0.2) is 67.0 Å². The Morgan fingerprint density at radius 2 is 1.79 bits per heavy atom. The van der Waals surface area contributed by atoms with Gasteiger partial charge in [-0.25, -0.2) is 9.50 Å². The lowest BCUT2D eigenvalue weighted by Gasteiger charge is -2.34. The minimum absolute atomic E-state index is 0.0562. The number of benzene rings is 2. The highest BCUT2D eigenvalue weighted by atomic mass is 16.2. The number of fused-ring (bicyclic) bond motifs is 1. The van der Waals surface area contributed by atoms with Gasteiger partial charge in [-0.05, 0) is 55.5 Å². The number of piperidine rings is 1. The van der Waals surface area contributed by atoms with Crippen molar-refractivity contribution >= 4 is 17.2 Å². The maximum atomic E-state index is 13.0. The Kier molecular flexibility index (Phi) is 6.05. The summed E-state index contributed by atoms with van der Waals surface area (Å²) in [6.45, 7) is 6.53. The van der Waals surface area contributed by atoms with Crippen molar-refractivity contribution in [3.63, 3.8) is 0 Å². The predicted octanol–water partition coefficient (Wildman–Crippen LogP) is 4.89. The van der Waals surface area contributed by atoms with E-state index in [2.05, 4.69) is 55.1 Å². The third-order valence-electron chi connectivity index (χ3n) is 6.95. The fraction of sp³-hybridized carbons (Fsp3) is 0.321. The number of carbonyl (C=O) groups excluding carboxylic acids is 1. The van der Waals surface area contributed by atoms with Crippen LogP contribution >= 0.6 is 0 Å². The highest BCUT2D eigenvalue weighted by Gasteiger charge is 2.28. The van der Waals surface area contributed by atoms with Crippen LogP contribution in [0, 0.1) is 19.8 Å². The molecule has 0 spiro atoms. The highest BCUT2D eigenvalue weighted by molar-refractivity contribution is 5.80. The molecule has 0 N–H and O–H groups in total. The molecule has 1 fully saturated rings. The first-order chi connectivity index (χ1) is 16.5. The summed E-state index contributed by atoms with van der Waals surface area (Å²) in [5.74, 6) is 1.23. The molecule has 1 saturated heterocycles. The molecule has 0 aliphatic carbocycles. The normalized spacial score (nSPS) is 14.5. The van der Waals surface area contributed by atoms with Gasteiger partial charge in [0.15, 0.2) is 5.82 Å². The van der Waals surface area contributed by atoms with Crippen LogP contribution in [-0.4, -0.2) is 45.5 Å². The lowest BCUT2D eigenvalue weighted by atomic mass is 9.95. The molecule has 6 nitrogen and oxygen atoms in total. The van der Waals surface area contributed by atoms with Crippen LogP contribution in [0.1, 0.15) is 29.5 Å². The van der Waals surface area contributed by atoms with Gasteiger partial charge in [0.05, 0.1) is 5.69 Å². The zero-order chi connectivity index (χ0) is 23.7. The Bertz CT molecular complexity index is 1310. The van der Waals surface area contributed by atoms with Gasteiger partial charge in [-0.3, -0.25) is 4.79 Å². The van der Waals surface area contributed by atoms with Crippen molar-refractivity contribution in [2.75, 3.05) is 25.0 Å². The van der Waals surface area contributed by atoms with Gasteiger partial charge in [-0.2, -0.15) is 5.10 Å². The summed E-state index contributed by atoms with van der Waals surface area (Å²) in [7, 11) is 1.91. The van der Waals surface area contributed by atoms with Gasteiger partial charge in [0.25, 0.3) is 0 Å². The Morgan fingerprint density at radius 1 is 1.03 bits per heavy atom. The first-order valence-corrected chi connectivity index (χ1v) is 12.0. The number of rotatable bonds is 5. The SMILES string of the molecule is Cc1ccc(-c2cc3c(N4CCC(C(=O)N(C)Cc5ccccc5)CC4)nccn3n2)cc1C. The molecular weight excluding hydrogens is 422 g/mol. The second-order valence-corrected chi connectivity index (χ2v) is 9.35. The van der Waals surface area contributed by atoms with Crippen molar-refractivity contribution in [3.05, 3.63) is 83.7 Å². The largest absolute Gasteiger partial charge is 0.355 e. The van der Waals surface area contributed by atoms with E-state index in [0.717, 1.165) is 54.1 Å². The van der Waals surface area contributed by atoms with Crippen molar-refractivity contribution in [2.45, 2.75) is 33.2 Å². The fourth-order valence-electron chi connectivity index (χ4n) is 4.78. The van der Waals surface area contributed by atoms with Crippen LogP contribution in [0.2, 0.25) is 0 Å². The van der Waals surface area contributed by atoms with Crippen LogP contribution in [0.3, 0.4) is 0 Å². The van der Waals surface area contributed by atoms with Gasteiger partial charge in [-0.15, -0.1) is 0 Å². The number of carbonyl (C=O) groups is 1. The number of aromatic nitrogens is 3. The van der Waals surface area contributed by atoms with Crippen LogP contribution in [0.4, 0.5) is 5.82 Å². The average Bonchev–Trinajstić information content (AvgIpc) is 3.30. The van der Waals surface area contributed by atoms with E-state index in [1.165, 1.54) is 11.1 Å². The molecule has 4 aromatic rings. The molecule has 0 atom stereocenters. The molecule has 1 amide bonds. The number of nitrogens with zero attached hydrogens (tertiary/aromatic N) is 5. The number of amides is 1. The zero-order valence-corrected chi connectivity index (χ0v) is 20.1. The maximum Gasteiger partial charge on any atom is 0.225 e. The summed E-state index contributed by atoms with van der Waals surface area (Å²) in [5.41, 5.74) is 6.76. The molecule has 3 heterocycles. The third kappa shape index (κ3) is 4.40. The first-order valence-electron chi connectivity index (χ1n) is 12.0. The second-order valence-electron chi connectivity index (χ2n) is 9.35. The predicted molar refractivity (Wildman–Crippen MR) is 136 cm³/mol. The maximum absolute atomic E-state index is 13.0. The van der Waals surface area contributed by atoms with Gasteiger partial charge < -0.3 is 9.80 Å². The van der Waals surface area contributed by atoms with Crippen LogP contribution in [0.5, 0.6) is 0 Å². The van der Waals surface area contributed by atoms with E-state index in [-0.39, 0.29) is 11.8 Å². The van der Waals surface area contributed by atoms with E-state index in [4.69, 9.17) is 10.1 Å². The lowest BCUT2D eigenvalue weighted by Crippen LogP contribution is -2.41. The van der Waals surface area contributed by atoms with Gasteiger partial charge in [-0.1, -0.05) is 42.5 Å². The summed E-state index contributed by atoms with van der Waals surface area (Å²) in [6.07, 6.45) is 5.38. The Labute approximate surface area is 200 Å². The average molecular weight is 454 g/mol. The van der Waals surface area contributed by atoms with Gasteiger partial charge >= 0.3 is 0 Å². The zero-order valence-electron chi connectivity index (χ0n) is 20.1. The topological polar surface area (TPSA) is 53.7 Å². The molecule has 174 valence electrons. The van der Waals surface area contributed by atoms with Gasteiger partial charge in [0.1, 0.15) is 5.52 Å². The quantitative estimate of drug-likeness (QED) is 0.432. The van der Waals surface area contributed by atoms with Crippen LogP contribution in [-0.2, 0) is 11.3 Å². The smallest absolute Gasteiger partial charge is 0.225 e. The highest BCUT2D eigenvalue weighted by Crippen LogP contribution is 2.29. The van der Waals surface area contributed by atoms with Crippen LogP contribution < -0.4 is 4.90 Å². The summed E-state index contributed by atoms with van der Waals surface area (Å²) in [5, 5.41) is 4.80. The molecule has 34 heavy (non-hydrogen) atoms. The van der Waals surface area contributed by atoms with Crippen molar-refractivity contribution in [2.24, 2.45) is 5.92 Å². The molecule has 2 aromatic heterocycles. The molecule has 1 aliphatic heterocycles. The third-order valence-corrected chi connectivity index (χ3v) is 6.95. The van der Waals surface area contributed by atoms with Gasteiger partial charge in [0, 0.05) is 50.6 Å². The Hall–Kier alpha value is -3.67. The standard InChI is InChI=1S/C28H31N5O/c1-20-9-10-24(17-21(20)2)25-18-26-27(29-13-16-33(26)30-25)32-14-11-23(12-15-32)28(34)31(3)19-22-7-5-4-6-8-22/h4-10,13,16-18,23H,11-12,14-15,19H2,1-3H3. The fourth-order valence-corrected chi connectivity index (χ4v) is 4.78. The summed E-state index contributed by atoms with van der Waals surface area (Å²) < 4.78 is 1.91. The molecule has 5 rings (SSSR count). The van der Waals surface area contributed by atoms with E-state index in [9.17, 15) is 4.79 Å². The summed E-state index contributed by atoms with van der Waals surface area (Å²) in [6, 6.07) is 18.7. The Morgan fingerprint density at radius 3 is 2.53 bits per heavy atom. The molecule has 1 aliphatic rings. The first kappa shape index (κ1) is 22.1. The molecule has 0 bridgehead atoms. The minimum atomic E-state index is 0.0562. The van der Waals surface area contributed by atoms with Crippen molar-refractivity contribution in [1.82, 2.24) is 19.5 Å². The van der Waals surface area contributed by atoms with E-state index < -0.39 is 0 Å². The second kappa shape index (κ2) is 9.29. The van der Waals surface area contributed by atoms with E-state index >= 15 is 0 Å². The molecular formula is C28H31N5O.